The van der Waals surface area contributed by atoms with Gasteiger partial charge < -0.3 is 15.9 Å². The molecule has 0 saturated heterocycles. The van der Waals surface area contributed by atoms with Crippen LogP contribution >= 0.6 is 35.6 Å². The van der Waals surface area contributed by atoms with Gasteiger partial charge in [-0.2, -0.15) is 0 Å². The van der Waals surface area contributed by atoms with Crippen LogP contribution in [0.15, 0.2) is 12.1 Å². The molecule has 1 aromatic carbocycles. The Balaban J connectivity index is 0.00000200. The van der Waals surface area contributed by atoms with Crippen LogP contribution in [-0.2, 0) is 0 Å². The molecule has 3 nitrogen and oxygen atoms in total. The molecule has 2 atom stereocenters. The van der Waals surface area contributed by atoms with Gasteiger partial charge in [-0.05, 0) is 30.9 Å². The second kappa shape index (κ2) is 7.71. The van der Waals surface area contributed by atoms with E-state index in [9.17, 15) is 10.2 Å². The molecule has 0 bridgehead atoms. The summed E-state index contributed by atoms with van der Waals surface area (Å²) in [6.07, 6.45) is 4.73. The van der Waals surface area contributed by atoms with E-state index in [1.807, 2.05) is 0 Å². The molecule has 0 heterocycles. The Morgan fingerprint density at radius 2 is 1.75 bits per heavy atom. The number of hydrogen-bond donors (Lipinski definition) is 3. The van der Waals surface area contributed by atoms with E-state index in [1.165, 1.54) is 12.5 Å². The number of phenols is 1. The van der Waals surface area contributed by atoms with Crippen molar-refractivity contribution in [3.63, 3.8) is 0 Å². The van der Waals surface area contributed by atoms with Crippen LogP contribution in [0.2, 0.25) is 10.0 Å². The normalized spacial score (nSPS) is 19.2. The van der Waals surface area contributed by atoms with Crippen LogP contribution in [0, 0.1) is 5.92 Å². The predicted molar refractivity (Wildman–Crippen MR) is 84.9 cm³/mol. The van der Waals surface area contributed by atoms with E-state index in [0.717, 1.165) is 25.7 Å². The lowest BCUT2D eigenvalue weighted by atomic mass is 9.81. The van der Waals surface area contributed by atoms with E-state index in [4.69, 9.17) is 28.9 Å². The van der Waals surface area contributed by atoms with Gasteiger partial charge in [0.05, 0.1) is 17.2 Å². The van der Waals surface area contributed by atoms with Crippen LogP contribution < -0.4 is 5.73 Å². The van der Waals surface area contributed by atoms with E-state index in [2.05, 4.69) is 0 Å². The Hall–Kier alpha value is -0.190. The van der Waals surface area contributed by atoms with Crippen LogP contribution in [0.5, 0.6) is 5.75 Å². The Morgan fingerprint density at radius 3 is 2.35 bits per heavy atom. The highest BCUT2D eigenvalue weighted by atomic mass is 35.5. The number of rotatable bonds is 3. The summed E-state index contributed by atoms with van der Waals surface area (Å²) in [5, 5.41) is 20.9. The van der Waals surface area contributed by atoms with E-state index in [-0.39, 0.29) is 29.1 Å². The maximum atomic E-state index is 10.4. The van der Waals surface area contributed by atoms with Crippen molar-refractivity contribution in [2.75, 3.05) is 0 Å². The van der Waals surface area contributed by atoms with Gasteiger partial charge in [0, 0.05) is 10.6 Å². The molecule has 6 heteroatoms. The van der Waals surface area contributed by atoms with Crippen LogP contribution in [-0.4, -0.2) is 16.3 Å². The zero-order valence-corrected chi connectivity index (χ0v) is 13.4. The average molecular weight is 341 g/mol. The molecule has 20 heavy (non-hydrogen) atoms. The SMILES string of the molecule is Cl.N[C@@H](c1cc(Cl)cc(Cl)c1O)[C@H](O)C1CCCCC1. The van der Waals surface area contributed by atoms with Crippen molar-refractivity contribution in [2.45, 2.75) is 44.2 Å². The number of aromatic hydroxyl groups is 1. The number of phenolic OH excluding ortho intramolecular Hbond substituents is 1. The largest absolute Gasteiger partial charge is 0.506 e. The molecule has 0 spiro atoms. The van der Waals surface area contributed by atoms with Crippen molar-refractivity contribution < 1.29 is 10.2 Å². The number of nitrogens with two attached hydrogens (primary N) is 1. The molecule has 1 saturated carbocycles. The van der Waals surface area contributed by atoms with Crippen molar-refractivity contribution >= 4 is 35.6 Å². The lowest BCUT2D eigenvalue weighted by molar-refractivity contribution is 0.0611. The van der Waals surface area contributed by atoms with E-state index < -0.39 is 12.1 Å². The number of aliphatic hydroxyl groups is 1. The molecule has 2 rings (SSSR count). The molecule has 1 fully saturated rings. The molecule has 0 amide bonds. The minimum atomic E-state index is -0.680. The molecular weight excluding hydrogens is 321 g/mol. The van der Waals surface area contributed by atoms with E-state index in [1.54, 1.807) is 6.07 Å². The summed E-state index contributed by atoms with van der Waals surface area (Å²) in [7, 11) is 0. The van der Waals surface area contributed by atoms with Crippen molar-refractivity contribution in [1.82, 2.24) is 0 Å². The molecule has 0 radical (unpaired) electrons. The number of benzene rings is 1. The van der Waals surface area contributed by atoms with Gasteiger partial charge in [0.2, 0.25) is 0 Å². The molecule has 1 aromatic rings. The highest BCUT2D eigenvalue weighted by molar-refractivity contribution is 6.35. The number of aliphatic hydroxyl groups excluding tert-OH is 1. The molecule has 114 valence electrons. The van der Waals surface area contributed by atoms with E-state index in [0.29, 0.717) is 10.6 Å². The minimum absolute atomic E-state index is 0. The maximum Gasteiger partial charge on any atom is 0.139 e. The second-order valence-electron chi connectivity index (χ2n) is 5.24. The zero-order chi connectivity index (χ0) is 14.0. The van der Waals surface area contributed by atoms with Crippen molar-refractivity contribution in [3.05, 3.63) is 27.7 Å². The van der Waals surface area contributed by atoms with Gasteiger partial charge in [0.15, 0.2) is 0 Å². The summed E-state index contributed by atoms with van der Waals surface area (Å²) >= 11 is 11.8. The molecule has 0 unspecified atom stereocenters. The molecule has 0 aromatic heterocycles. The van der Waals surface area contributed by atoms with Crippen molar-refractivity contribution in [3.8, 4) is 5.75 Å². The Bertz CT molecular complexity index is 450. The van der Waals surface area contributed by atoms with Crippen LogP contribution in [0.4, 0.5) is 0 Å². The zero-order valence-electron chi connectivity index (χ0n) is 11.1. The minimum Gasteiger partial charge on any atom is -0.506 e. The standard InChI is InChI=1S/C14H19Cl2NO2.ClH/c15-9-6-10(14(19)11(16)7-9)12(17)13(18)8-4-2-1-3-5-8;/h6-8,12-13,18-19H,1-5,17H2;1H/t12-,13+;/m0./s1. The van der Waals surface area contributed by atoms with Crippen LogP contribution in [0.1, 0.15) is 43.7 Å². The first-order valence-corrected chi connectivity index (χ1v) is 7.38. The Morgan fingerprint density at radius 1 is 1.15 bits per heavy atom. The fourth-order valence-corrected chi connectivity index (χ4v) is 3.30. The van der Waals surface area contributed by atoms with Gasteiger partial charge >= 0.3 is 0 Å². The smallest absolute Gasteiger partial charge is 0.139 e. The maximum absolute atomic E-state index is 10.4. The van der Waals surface area contributed by atoms with Crippen molar-refractivity contribution in [2.24, 2.45) is 11.7 Å². The topological polar surface area (TPSA) is 66.5 Å². The first-order valence-electron chi connectivity index (χ1n) is 6.62. The second-order valence-corrected chi connectivity index (χ2v) is 6.08. The number of halogens is 3. The van der Waals surface area contributed by atoms with Crippen molar-refractivity contribution in [1.29, 1.82) is 0 Å². The summed E-state index contributed by atoms with van der Waals surface area (Å²) in [5.41, 5.74) is 6.49. The fraction of sp³-hybridized carbons (Fsp3) is 0.571. The monoisotopic (exact) mass is 339 g/mol. The third-order valence-electron chi connectivity index (χ3n) is 3.92. The highest BCUT2D eigenvalue weighted by Gasteiger charge is 2.29. The van der Waals surface area contributed by atoms with Gasteiger partial charge in [-0.1, -0.05) is 42.5 Å². The quantitative estimate of drug-likeness (QED) is 0.777. The van der Waals surface area contributed by atoms with E-state index >= 15 is 0 Å². The summed E-state index contributed by atoms with van der Waals surface area (Å²) in [4.78, 5) is 0. The summed E-state index contributed by atoms with van der Waals surface area (Å²) in [6, 6.07) is 2.36. The van der Waals surface area contributed by atoms with Crippen LogP contribution in [0.25, 0.3) is 0 Å². The lowest BCUT2D eigenvalue weighted by Gasteiger charge is -2.31. The van der Waals surface area contributed by atoms with Gasteiger partial charge in [-0.25, -0.2) is 0 Å². The van der Waals surface area contributed by atoms with Crippen LogP contribution in [0.3, 0.4) is 0 Å². The van der Waals surface area contributed by atoms with Gasteiger partial charge in [-0.3, -0.25) is 0 Å². The first kappa shape index (κ1) is 17.9. The molecule has 4 N–H and O–H groups in total. The third kappa shape index (κ3) is 3.92. The van der Waals surface area contributed by atoms with Gasteiger partial charge in [0.25, 0.3) is 0 Å². The average Bonchev–Trinajstić information content (AvgIpc) is 2.42. The first-order chi connectivity index (χ1) is 9.00. The molecule has 1 aliphatic carbocycles. The Kier molecular flexibility index (Phi) is 6.89. The number of hydrogen-bond acceptors (Lipinski definition) is 3. The fourth-order valence-electron chi connectivity index (χ4n) is 2.79. The molecule has 0 aliphatic heterocycles. The molecule has 1 aliphatic rings. The lowest BCUT2D eigenvalue weighted by Crippen LogP contribution is -2.34. The molecular formula is C14H20Cl3NO2. The van der Waals surface area contributed by atoms with Gasteiger partial charge in [-0.15, -0.1) is 12.4 Å². The summed E-state index contributed by atoms with van der Waals surface area (Å²) < 4.78 is 0. The predicted octanol–water partition coefficient (Wildman–Crippen LogP) is 4.06. The third-order valence-corrected chi connectivity index (χ3v) is 4.42. The van der Waals surface area contributed by atoms with Gasteiger partial charge in [0.1, 0.15) is 5.75 Å². The highest BCUT2D eigenvalue weighted by Crippen LogP contribution is 2.38. The summed E-state index contributed by atoms with van der Waals surface area (Å²) in [5.74, 6) is 0.0920. The summed E-state index contributed by atoms with van der Waals surface area (Å²) in [6.45, 7) is 0. The Labute approximate surface area is 135 Å².